The van der Waals surface area contributed by atoms with E-state index in [-0.39, 0.29) is 5.91 Å². The van der Waals surface area contributed by atoms with Crippen LogP contribution < -0.4 is 10.2 Å². The number of pyridine rings is 1. The fraction of sp³-hybridized carbons (Fsp3) is 0.100. The molecule has 3 aromatic rings. The van der Waals surface area contributed by atoms with Gasteiger partial charge in [-0.05, 0) is 54.1 Å². The van der Waals surface area contributed by atoms with Crippen LogP contribution in [0.25, 0.3) is 17.0 Å². The lowest BCUT2D eigenvalue weighted by molar-refractivity contribution is -0.111. The first kappa shape index (κ1) is 17.0. The maximum Gasteiger partial charge on any atom is 0.248 e. The number of nitrogens with one attached hydrogen (secondary N) is 1. The molecule has 1 N–H and O–H groups in total. The molecule has 0 bridgehead atoms. The predicted octanol–water partition coefficient (Wildman–Crippen LogP) is 4.61. The Morgan fingerprint density at radius 3 is 2.56 bits per heavy atom. The van der Waals surface area contributed by atoms with Crippen LogP contribution in [0, 0.1) is 0 Å². The molecule has 1 amide bonds. The van der Waals surface area contributed by atoms with Gasteiger partial charge < -0.3 is 10.2 Å². The van der Waals surface area contributed by atoms with E-state index in [1.54, 1.807) is 18.2 Å². The number of anilines is 2. The van der Waals surface area contributed by atoms with Crippen LogP contribution in [-0.2, 0) is 4.79 Å². The van der Waals surface area contributed by atoms with Gasteiger partial charge in [-0.2, -0.15) is 0 Å². The molecule has 0 aliphatic rings. The molecular formula is C20H18ClN3O. The number of nitrogens with zero attached hydrogens (tertiary/aromatic N) is 2. The average molecular weight is 352 g/mol. The van der Waals surface area contributed by atoms with Gasteiger partial charge in [0.25, 0.3) is 0 Å². The van der Waals surface area contributed by atoms with Crippen molar-refractivity contribution in [3.05, 3.63) is 71.3 Å². The Morgan fingerprint density at radius 2 is 1.84 bits per heavy atom. The van der Waals surface area contributed by atoms with Gasteiger partial charge in [0, 0.05) is 36.3 Å². The third-order valence-electron chi connectivity index (χ3n) is 3.70. The lowest BCUT2D eigenvalue weighted by Crippen LogP contribution is -2.10. The van der Waals surface area contributed by atoms with E-state index < -0.39 is 0 Å². The van der Waals surface area contributed by atoms with Crippen molar-refractivity contribution < 1.29 is 4.79 Å². The lowest BCUT2D eigenvalue weighted by Gasteiger charge is -2.12. The summed E-state index contributed by atoms with van der Waals surface area (Å²) in [7, 11) is 3.91. The van der Waals surface area contributed by atoms with E-state index in [0.29, 0.717) is 5.02 Å². The maximum absolute atomic E-state index is 12.1. The summed E-state index contributed by atoms with van der Waals surface area (Å²) in [6.45, 7) is 0. The van der Waals surface area contributed by atoms with Crippen molar-refractivity contribution in [2.24, 2.45) is 0 Å². The van der Waals surface area contributed by atoms with E-state index >= 15 is 0 Å². The standard InChI is InChI=1S/C20H18ClN3O/c1-24(2)19-11-6-15-13-17(9-10-18(15)23-19)22-20(25)12-5-14-3-7-16(21)8-4-14/h3-13H,1-2H3,(H,22,25)/b12-5+. The van der Waals surface area contributed by atoms with Crippen molar-refractivity contribution in [1.29, 1.82) is 0 Å². The zero-order valence-electron chi connectivity index (χ0n) is 14.0. The zero-order chi connectivity index (χ0) is 17.8. The monoisotopic (exact) mass is 351 g/mol. The minimum atomic E-state index is -0.188. The molecule has 0 saturated heterocycles. The van der Waals surface area contributed by atoms with Gasteiger partial charge in [-0.25, -0.2) is 4.98 Å². The van der Waals surface area contributed by atoms with Crippen molar-refractivity contribution >= 4 is 46.0 Å². The van der Waals surface area contributed by atoms with Gasteiger partial charge in [0.2, 0.25) is 5.91 Å². The molecule has 1 aromatic heterocycles. The van der Waals surface area contributed by atoms with Crippen LogP contribution >= 0.6 is 11.6 Å². The Hall–Kier alpha value is -2.85. The van der Waals surface area contributed by atoms with E-state index in [9.17, 15) is 4.79 Å². The first-order chi connectivity index (χ1) is 12.0. The molecule has 5 heteroatoms. The Bertz CT molecular complexity index is 933. The first-order valence-electron chi connectivity index (χ1n) is 7.84. The summed E-state index contributed by atoms with van der Waals surface area (Å²) in [5.74, 6) is 0.711. The Labute approximate surface area is 151 Å². The fourth-order valence-electron chi connectivity index (χ4n) is 2.37. The number of rotatable bonds is 4. The van der Waals surface area contributed by atoms with Crippen molar-refractivity contribution in [3.8, 4) is 0 Å². The SMILES string of the molecule is CN(C)c1ccc2cc(NC(=O)/C=C/c3ccc(Cl)cc3)ccc2n1. The summed E-state index contributed by atoms with van der Waals surface area (Å²) in [6, 6.07) is 16.9. The molecule has 0 unspecified atom stereocenters. The number of carbonyl (C=O) groups is 1. The van der Waals surface area contributed by atoms with Crippen LogP contribution in [0.3, 0.4) is 0 Å². The van der Waals surface area contributed by atoms with Crippen LogP contribution in [0.1, 0.15) is 5.56 Å². The number of halogens is 1. The summed E-state index contributed by atoms with van der Waals surface area (Å²) >= 11 is 5.85. The minimum Gasteiger partial charge on any atom is -0.363 e. The highest BCUT2D eigenvalue weighted by atomic mass is 35.5. The summed E-state index contributed by atoms with van der Waals surface area (Å²) in [5.41, 5.74) is 2.54. The highest BCUT2D eigenvalue weighted by Crippen LogP contribution is 2.20. The molecule has 0 radical (unpaired) electrons. The van der Waals surface area contributed by atoms with Gasteiger partial charge in [0.15, 0.2) is 0 Å². The van der Waals surface area contributed by atoms with Crippen molar-refractivity contribution in [1.82, 2.24) is 4.98 Å². The lowest BCUT2D eigenvalue weighted by atomic mass is 10.2. The molecule has 0 aliphatic carbocycles. The van der Waals surface area contributed by atoms with E-state index in [4.69, 9.17) is 11.6 Å². The molecule has 1 heterocycles. The summed E-state index contributed by atoms with van der Waals surface area (Å²) in [4.78, 5) is 18.6. The van der Waals surface area contributed by atoms with Gasteiger partial charge in [0.1, 0.15) is 5.82 Å². The number of amides is 1. The van der Waals surface area contributed by atoms with Crippen LogP contribution in [0.4, 0.5) is 11.5 Å². The van der Waals surface area contributed by atoms with Crippen LogP contribution in [0.5, 0.6) is 0 Å². The van der Waals surface area contributed by atoms with Crippen molar-refractivity contribution in [2.45, 2.75) is 0 Å². The smallest absolute Gasteiger partial charge is 0.248 e. The number of fused-ring (bicyclic) bond motifs is 1. The highest BCUT2D eigenvalue weighted by Gasteiger charge is 2.03. The normalized spacial score (nSPS) is 11.0. The molecule has 0 spiro atoms. The van der Waals surface area contributed by atoms with E-state index in [0.717, 1.165) is 28.0 Å². The van der Waals surface area contributed by atoms with Gasteiger partial charge in [-0.1, -0.05) is 23.7 Å². The van der Waals surface area contributed by atoms with Crippen molar-refractivity contribution in [3.63, 3.8) is 0 Å². The fourth-order valence-corrected chi connectivity index (χ4v) is 2.50. The van der Waals surface area contributed by atoms with Crippen LogP contribution in [-0.4, -0.2) is 25.0 Å². The number of aromatic nitrogens is 1. The van der Waals surface area contributed by atoms with E-state index in [1.807, 2.05) is 61.5 Å². The molecule has 0 atom stereocenters. The Balaban J connectivity index is 1.72. The number of hydrogen-bond donors (Lipinski definition) is 1. The average Bonchev–Trinajstić information content (AvgIpc) is 2.60. The van der Waals surface area contributed by atoms with E-state index in [2.05, 4.69) is 10.3 Å². The Morgan fingerprint density at radius 1 is 1.08 bits per heavy atom. The summed E-state index contributed by atoms with van der Waals surface area (Å²) < 4.78 is 0. The summed E-state index contributed by atoms with van der Waals surface area (Å²) in [6.07, 6.45) is 3.25. The largest absolute Gasteiger partial charge is 0.363 e. The highest BCUT2D eigenvalue weighted by molar-refractivity contribution is 6.30. The third-order valence-corrected chi connectivity index (χ3v) is 3.95. The quantitative estimate of drug-likeness (QED) is 0.698. The molecule has 0 saturated carbocycles. The van der Waals surface area contributed by atoms with E-state index in [1.165, 1.54) is 6.08 Å². The predicted molar refractivity (Wildman–Crippen MR) is 105 cm³/mol. The second-order valence-electron chi connectivity index (χ2n) is 5.85. The number of benzene rings is 2. The molecule has 0 aliphatic heterocycles. The van der Waals surface area contributed by atoms with Crippen LogP contribution in [0.2, 0.25) is 5.02 Å². The third kappa shape index (κ3) is 4.37. The van der Waals surface area contributed by atoms with Crippen molar-refractivity contribution in [2.75, 3.05) is 24.3 Å². The second-order valence-corrected chi connectivity index (χ2v) is 6.28. The topological polar surface area (TPSA) is 45.2 Å². The second kappa shape index (κ2) is 7.36. The van der Waals surface area contributed by atoms with Gasteiger partial charge in [0.05, 0.1) is 5.52 Å². The Kier molecular flexibility index (Phi) is 5.00. The number of hydrogen-bond acceptors (Lipinski definition) is 3. The van der Waals surface area contributed by atoms with Gasteiger partial charge in [-0.3, -0.25) is 4.79 Å². The number of carbonyl (C=O) groups excluding carboxylic acids is 1. The molecule has 0 fully saturated rings. The molecule has 2 aromatic carbocycles. The van der Waals surface area contributed by atoms with Gasteiger partial charge >= 0.3 is 0 Å². The summed E-state index contributed by atoms with van der Waals surface area (Å²) in [5, 5.41) is 4.51. The molecule has 25 heavy (non-hydrogen) atoms. The molecule has 126 valence electrons. The maximum atomic E-state index is 12.1. The minimum absolute atomic E-state index is 0.188. The van der Waals surface area contributed by atoms with Crippen LogP contribution in [0.15, 0.2) is 60.7 Å². The molecular weight excluding hydrogens is 334 g/mol. The first-order valence-corrected chi connectivity index (χ1v) is 8.22. The molecule has 3 rings (SSSR count). The molecule has 4 nitrogen and oxygen atoms in total. The zero-order valence-corrected chi connectivity index (χ0v) is 14.8. The van der Waals surface area contributed by atoms with Gasteiger partial charge in [-0.15, -0.1) is 0 Å².